The first-order valence-electron chi connectivity index (χ1n) is 11.9. The Morgan fingerprint density at radius 3 is 2.18 bits per heavy atom. The number of hydrogen-bond acceptors (Lipinski definition) is 5. The molecule has 1 aromatic heterocycles. The van der Waals surface area contributed by atoms with Crippen LogP contribution in [0.2, 0.25) is 5.02 Å². The number of para-hydroxylation sites is 1. The highest BCUT2D eigenvalue weighted by atomic mass is 35.5. The molecule has 0 radical (unpaired) electrons. The molecular weight excluding hydrogens is 540 g/mol. The molecule has 1 aliphatic heterocycles. The number of benzene rings is 3. The molecule has 1 amide bonds. The van der Waals surface area contributed by atoms with Crippen LogP contribution in [0.5, 0.6) is 0 Å². The molecule has 0 unspecified atom stereocenters. The van der Waals surface area contributed by atoms with Gasteiger partial charge in [-0.15, -0.1) is 11.6 Å². The van der Waals surface area contributed by atoms with Crippen LogP contribution in [0.25, 0.3) is 10.9 Å². The smallest absolute Gasteiger partial charge is 0.271 e. The van der Waals surface area contributed by atoms with E-state index in [1.54, 1.807) is 45.9 Å². The van der Waals surface area contributed by atoms with Gasteiger partial charge in [-0.1, -0.05) is 41.9 Å². The molecule has 0 atom stereocenters. The van der Waals surface area contributed by atoms with E-state index in [0.29, 0.717) is 48.0 Å². The Labute approximate surface area is 236 Å². The van der Waals surface area contributed by atoms with Gasteiger partial charge in [0, 0.05) is 48.5 Å². The van der Waals surface area contributed by atoms with E-state index in [-0.39, 0.29) is 30.0 Å². The molecule has 2 heterocycles. The first-order valence-corrected chi connectivity index (χ1v) is 13.1. The summed E-state index contributed by atoms with van der Waals surface area (Å²) < 4.78 is 14.9. The van der Waals surface area contributed by atoms with Crippen molar-refractivity contribution in [3.63, 3.8) is 0 Å². The maximum atomic E-state index is 13.5. The highest BCUT2D eigenvalue weighted by Crippen LogP contribution is 2.30. The van der Waals surface area contributed by atoms with E-state index in [2.05, 4.69) is 17.7 Å². The van der Waals surface area contributed by atoms with Crippen LogP contribution in [0.1, 0.15) is 21.5 Å². The number of piperazine rings is 1. The number of carbonyl (C=O) groups is 1. The molecule has 5 rings (SSSR count). The molecule has 0 spiro atoms. The molecule has 10 heteroatoms. The largest absolute Gasteiger partial charge is 0.366 e. The number of amides is 1. The van der Waals surface area contributed by atoms with Crippen LogP contribution in [-0.4, -0.2) is 47.9 Å². The monoisotopic (exact) mass is 567 g/mol. The van der Waals surface area contributed by atoms with E-state index in [1.165, 1.54) is 18.5 Å². The maximum Gasteiger partial charge on any atom is 0.271 e. The van der Waals surface area contributed by atoms with Crippen molar-refractivity contribution in [2.24, 2.45) is 0 Å². The summed E-state index contributed by atoms with van der Waals surface area (Å²) in [5, 5.41) is 11.4. The molecule has 1 saturated heterocycles. The van der Waals surface area contributed by atoms with Crippen molar-refractivity contribution in [3.05, 3.63) is 111 Å². The van der Waals surface area contributed by atoms with Crippen LogP contribution in [0, 0.1) is 17.1 Å². The lowest BCUT2D eigenvalue weighted by Gasteiger charge is -2.37. The van der Waals surface area contributed by atoms with Crippen molar-refractivity contribution in [1.82, 2.24) is 15.6 Å². The molecule has 0 bridgehead atoms. The summed E-state index contributed by atoms with van der Waals surface area (Å²) in [6.07, 6.45) is 1.47. The van der Waals surface area contributed by atoms with E-state index in [4.69, 9.17) is 11.6 Å². The van der Waals surface area contributed by atoms with Gasteiger partial charge in [0.15, 0.2) is 0 Å². The molecule has 3 N–H and O–H groups in total. The Morgan fingerprint density at radius 1 is 0.949 bits per heavy atom. The fourth-order valence-corrected chi connectivity index (χ4v) is 4.78. The number of hydrogen-bond donors (Lipinski definition) is 1. The minimum atomic E-state index is -0.393. The van der Waals surface area contributed by atoms with Crippen molar-refractivity contribution in [2.45, 2.75) is 6.54 Å². The summed E-state index contributed by atoms with van der Waals surface area (Å²) in [4.78, 5) is 30.2. The van der Waals surface area contributed by atoms with Gasteiger partial charge < -0.3 is 20.5 Å². The van der Waals surface area contributed by atoms with Crippen molar-refractivity contribution < 1.29 is 9.18 Å². The number of rotatable bonds is 4. The molecule has 0 aliphatic carbocycles. The lowest BCUT2D eigenvalue weighted by atomic mass is 10.1. The summed E-state index contributed by atoms with van der Waals surface area (Å²) in [7, 11) is 0. The Balaban J connectivity index is 0.00000137. The highest BCUT2D eigenvalue weighted by Gasteiger charge is 2.27. The number of pyridine rings is 1. The quantitative estimate of drug-likeness (QED) is 0.319. The summed E-state index contributed by atoms with van der Waals surface area (Å²) >= 11 is 10.6. The lowest BCUT2D eigenvalue weighted by Crippen LogP contribution is -2.49. The van der Waals surface area contributed by atoms with Gasteiger partial charge in [0.1, 0.15) is 17.4 Å². The zero-order chi connectivity index (χ0) is 27.2. The Hall–Kier alpha value is -3.90. The van der Waals surface area contributed by atoms with Gasteiger partial charge in [0.05, 0.1) is 17.7 Å². The molecule has 0 saturated carbocycles. The van der Waals surface area contributed by atoms with Crippen molar-refractivity contribution >= 4 is 45.7 Å². The Bertz CT molecular complexity index is 1540. The molecule has 1 fully saturated rings. The number of anilines is 1. The van der Waals surface area contributed by atoms with Gasteiger partial charge in [-0.3, -0.25) is 9.59 Å². The number of halogens is 3. The molecule has 4 aromatic rings. The second-order valence-electron chi connectivity index (χ2n) is 8.66. The SMILES string of the molecule is CCl.N.N#Cc1c(N2CCN(C(=O)c3ccc(Cl)cc3)CC2)c2ccccc2n(Cc2ccc(F)cc2)c1=O. The third kappa shape index (κ3) is 6.23. The highest BCUT2D eigenvalue weighted by molar-refractivity contribution is 6.30. The molecule has 7 nitrogen and oxygen atoms in total. The molecule has 202 valence electrons. The van der Waals surface area contributed by atoms with Gasteiger partial charge in [0.2, 0.25) is 0 Å². The second-order valence-corrected chi connectivity index (χ2v) is 9.09. The topological polar surface area (TPSA) is 104 Å². The molecule has 3 aromatic carbocycles. The van der Waals surface area contributed by atoms with Crippen molar-refractivity contribution in [1.29, 1.82) is 5.26 Å². The number of fused-ring (bicyclic) bond motifs is 1. The molecular formula is C29H28Cl2FN5O2. The summed E-state index contributed by atoms with van der Waals surface area (Å²) in [5.41, 5.74) is 2.28. The fraction of sp³-hybridized carbons (Fsp3) is 0.207. The Kier molecular flexibility index (Phi) is 10.1. The lowest BCUT2D eigenvalue weighted by molar-refractivity contribution is 0.0747. The third-order valence-electron chi connectivity index (χ3n) is 6.49. The average molecular weight is 568 g/mol. The predicted molar refractivity (Wildman–Crippen MR) is 155 cm³/mol. The molecule has 39 heavy (non-hydrogen) atoms. The van der Waals surface area contributed by atoms with Crippen molar-refractivity contribution in [3.8, 4) is 6.07 Å². The van der Waals surface area contributed by atoms with Crippen LogP contribution < -0.4 is 16.6 Å². The number of carbonyl (C=O) groups excluding carboxylic acids is 1. The van der Waals surface area contributed by atoms with Crippen LogP contribution in [0.4, 0.5) is 10.1 Å². The first kappa shape index (κ1) is 29.7. The standard InChI is InChI=1S/C28H22ClFN4O2.CH3Cl.H3N/c29-21-9-7-20(8-10-21)27(35)33-15-13-32(14-16-33)26-23-3-1-2-4-25(23)34(28(36)24(26)17-31)18-19-5-11-22(30)12-6-19;1-2;/h1-12H,13-16,18H2;1H3;1H3. The van der Waals surface area contributed by atoms with Gasteiger partial charge in [-0.25, -0.2) is 4.39 Å². The zero-order valence-corrected chi connectivity index (χ0v) is 22.9. The number of alkyl halides is 1. The predicted octanol–water partition coefficient (Wildman–Crippen LogP) is 5.69. The zero-order valence-electron chi connectivity index (χ0n) is 21.4. The van der Waals surface area contributed by atoms with Crippen LogP contribution >= 0.6 is 23.2 Å². The van der Waals surface area contributed by atoms with Crippen molar-refractivity contribution in [2.75, 3.05) is 37.5 Å². The number of nitriles is 1. The van der Waals surface area contributed by atoms with Gasteiger partial charge >= 0.3 is 0 Å². The van der Waals surface area contributed by atoms with Crippen LogP contribution in [-0.2, 0) is 6.54 Å². The average Bonchev–Trinajstić information content (AvgIpc) is 2.96. The van der Waals surface area contributed by atoms with Gasteiger partial charge in [0.25, 0.3) is 11.5 Å². The van der Waals surface area contributed by atoms with Crippen LogP contribution in [0.3, 0.4) is 0 Å². The minimum Gasteiger partial charge on any atom is -0.366 e. The summed E-state index contributed by atoms with van der Waals surface area (Å²) in [6, 6.07) is 22.4. The van der Waals surface area contributed by atoms with E-state index in [9.17, 15) is 19.2 Å². The van der Waals surface area contributed by atoms with E-state index >= 15 is 0 Å². The number of nitrogens with zero attached hydrogens (tertiary/aromatic N) is 4. The first-order chi connectivity index (χ1) is 18.5. The fourth-order valence-electron chi connectivity index (χ4n) is 4.66. The van der Waals surface area contributed by atoms with E-state index in [1.807, 2.05) is 29.2 Å². The third-order valence-corrected chi connectivity index (χ3v) is 6.74. The Morgan fingerprint density at radius 2 is 1.56 bits per heavy atom. The maximum absolute atomic E-state index is 13.5. The summed E-state index contributed by atoms with van der Waals surface area (Å²) in [5.74, 6) is -0.427. The minimum absolute atomic E-state index is 0. The van der Waals surface area contributed by atoms with Crippen LogP contribution in [0.15, 0.2) is 77.6 Å². The normalized spacial score (nSPS) is 12.7. The van der Waals surface area contributed by atoms with Gasteiger partial charge in [-0.05, 0) is 48.0 Å². The second kappa shape index (κ2) is 13.3. The molecule has 1 aliphatic rings. The summed E-state index contributed by atoms with van der Waals surface area (Å²) in [6.45, 7) is 2.11. The van der Waals surface area contributed by atoms with Gasteiger partial charge in [-0.2, -0.15) is 5.26 Å². The number of aromatic nitrogens is 1. The van der Waals surface area contributed by atoms with E-state index in [0.717, 1.165) is 10.9 Å². The van der Waals surface area contributed by atoms with E-state index < -0.39 is 5.56 Å².